The van der Waals surface area contributed by atoms with Gasteiger partial charge < -0.3 is 4.90 Å². The summed E-state index contributed by atoms with van der Waals surface area (Å²) in [5.74, 6) is 0. The van der Waals surface area contributed by atoms with Gasteiger partial charge in [0.05, 0.1) is 11.4 Å². The van der Waals surface area contributed by atoms with Crippen molar-refractivity contribution in [2.24, 2.45) is 0 Å². The van der Waals surface area contributed by atoms with Gasteiger partial charge >= 0.3 is 0 Å². The number of pyridine rings is 2. The van der Waals surface area contributed by atoms with Gasteiger partial charge in [-0.05, 0) is 24.3 Å². The molecule has 0 bridgehead atoms. The molecule has 0 aliphatic carbocycles. The number of carbonyl (C=O) groups excluding carboxylic acids is 1. The fraction of sp³-hybridized carbons (Fsp3) is 0.421. The molecule has 1 aliphatic rings. The Morgan fingerprint density at radius 1 is 0.760 bits per heavy atom. The van der Waals surface area contributed by atoms with Crippen molar-refractivity contribution in [1.29, 1.82) is 0 Å². The summed E-state index contributed by atoms with van der Waals surface area (Å²) in [7, 11) is 0. The normalized spacial score (nSPS) is 17.5. The van der Waals surface area contributed by atoms with Gasteiger partial charge in [-0.25, -0.2) is 0 Å². The topological polar surface area (TPSA) is 52.6 Å². The van der Waals surface area contributed by atoms with Crippen LogP contribution in [0.2, 0.25) is 0 Å². The van der Waals surface area contributed by atoms with Gasteiger partial charge in [0.2, 0.25) is 6.41 Å². The molecule has 3 rings (SSSR count). The van der Waals surface area contributed by atoms with Crippen molar-refractivity contribution in [3.63, 3.8) is 0 Å². The van der Waals surface area contributed by atoms with Crippen LogP contribution in [0.15, 0.2) is 48.8 Å². The standard InChI is InChI=1S/C19H25N5O/c25-17-24-13-11-22(15-18-5-1-3-7-20-18)9-10-23(12-14-24)16-19-6-2-4-8-21-19/h1-8,17H,9-16H2. The minimum atomic E-state index is 0.758. The van der Waals surface area contributed by atoms with Gasteiger partial charge in [-0.1, -0.05) is 12.1 Å². The van der Waals surface area contributed by atoms with Gasteiger partial charge in [0.1, 0.15) is 0 Å². The highest BCUT2D eigenvalue weighted by Gasteiger charge is 2.16. The molecular formula is C19H25N5O. The van der Waals surface area contributed by atoms with E-state index >= 15 is 0 Å². The number of hydrogen-bond acceptors (Lipinski definition) is 5. The second-order valence-corrected chi connectivity index (χ2v) is 6.34. The molecule has 132 valence electrons. The van der Waals surface area contributed by atoms with Crippen molar-refractivity contribution in [3.05, 3.63) is 60.2 Å². The smallest absolute Gasteiger partial charge is 0.209 e. The molecule has 25 heavy (non-hydrogen) atoms. The van der Waals surface area contributed by atoms with Gasteiger partial charge in [-0.3, -0.25) is 24.6 Å². The first kappa shape index (κ1) is 17.5. The van der Waals surface area contributed by atoms with E-state index < -0.39 is 0 Å². The van der Waals surface area contributed by atoms with Crippen LogP contribution < -0.4 is 0 Å². The quantitative estimate of drug-likeness (QED) is 0.768. The van der Waals surface area contributed by atoms with Gasteiger partial charge in [0.25, 0.3) is 0 Å². The number of amides is 1. The Kier molecular flexibility index (Phi) is 6.48. The summed E-state index contributed by atoms with van der Waals surface area (Å²) in [5.41, 5.74) is 2.13. The molecule has 0 radical (unpaired) electrons. The summed E-state index contributed by atoms with van der Waals surface area (Å²) in [6, 6.07) is 12.0. The number of carbonyl (C=O) groups is 1. The lowest BCUT2D eigenvalue weighted by atomic mass is 10.3. The minimum absolute atomic E-state index is 0.758. The Morgan fingerprint density at radius 2 is 1.24 bits per heavy atom. The molecule has 0 unspecified atom stereocenters. The van der Waals surface area contributed by atoms with Gasteiger partial charge in [0, 0.05) is 64.8 Å². The van der Waals surface area contributed by atoms with E-state index in [2.05, 4.69) is 31.9 Å². The fourth-order valence-electron chi connectivity index (χ4n) is 3.02. The minimum Gasteiger partial charge on any atom is -0.343 e. The molecule has 0 aromatic carbocycles. The molecule has 2 aromatic heterocycles. The van der Waals surface area contributed by atoms with Crippen LogP contribution in [0.1, 0.15) is 11.4 Å². The first-order valence-electron chi connectivity index (χ1n) is 8.77. The predicted octanol–water partition coefficient (Wildman–Crippen LogP) is 1.25. The molecule has 1 saturated heterocycles. The number of hydrogen-bond donors (Lipinski definition) is 0. The Morgan fingerprint density at radius 3 is 1.64 bits per heavy atom. The highest BCUT2D eigenvalue weighted by Crippen LogP contribution is 2.07. The summed E-state index contributed by atoms with van der Waals surface area (Å²) in [5, 5.41) is 0. The fourth-order valence-corrected chi connectivity index (χ4v) is 3.02. The maximum Gasteiger partial charge on any atom is 0.209 e. The van der Waals surface area contributed by atoms with Crippen molar-refractivity contribution >= 4 is 6.41 Å². The maximum absolute atomic E-state index is 11.3. The lowest BCUT2D eigenvalue weighted by molar-refractivity contribution is -0.118. The molecule has 3 heterocycles. The van der Waals surface area contributed by atoms with Crippen LogP contribution in [-0.4, -0.2) is 70.3 Å². The number of aromatic nitrogens is 2. The van der Waals surface area contributed by atoms with Crippen molar-refractivity contribution in [2.45, 2.75) is 13.1 Å². The zero-order valence-corrected chi connectivity index (χ0v) is 14.5. The molecular weight excluding hydrogens is 314 g/mol. The first-order valence-corrected chi connectivity index (χ1v) is 8.77. The lowest BCUT2D eigenvalue weighted by Crippen LogP contribution is -2.35. The van der Waals surface area contributed by atoms with E-state index in [9.17, 15) is 4.79 Å². The van der Waals surface area contributed by atoms with Crippen molar-refractivity contribution in [1.82, 2.24) is 24.7 Å². The largest absolute Gasteiger partial charge is 0.343 e. The van der Waals surface area contributed by atoms with E-state index in [0.29, 0.717) is 0 Å². The molecule has 6 heteroatoms. The Balaban J connectivity index is 1.65. The Bertz CT molecular complexity index is 583. The molecule has 2 aromatic rings. The summed E-state index contributed by atoms with van der Waals surface area (Å²) in [6.45, 7) is 6.78. The highest BCUT2D eigenvalue weighted by molar-refractivity contribution is 5.46. The maximum atomic E-state index is 11.3. The Hall–Kier alpha value is -2.31. The molecule has 0 N–H and O–H groups in total. The van der Waals surface area contributed by atoms with Crippen molar-refractivity contribution < 1.29 is 4.79 Å². The number of nitrogens with zero attached hydrogens (tertiary/aromatic N) is 5. The van der Waals surface area contributed by atoms with Crippen LogP contribution in [0.4, 0.5) is 0 Å². The zero-order chi connectivity index (χ0) is 17.3. The zero-order valence-electron chi connectivity index (χ0n) is 14.5. The van der Waals surface area contributed by atoms with Gasteiger partial charge in [0.15, 0.2) is 0 Å². The first-order chi connectivity index (χ1) is 12.3. The second-order valence-electron chi connectivity index (χ2n) is 6.34. The second kappa shape index (κ2) is 9.25. The molecule has 0 spiro atoms. The van der Waals surface area contributed by atoms with E-state index in [-0.39, 0.29) is 0 Å². The van der Waals surface area contributed by atoms with Crippen LogP contribution in [0.5, 0.6) is 0 Å². The molecule has 1 aliphatic heterocycles. The van der Waals surface area contributed by atoms with E-state index in [0.717, 1.165) is 70.2 Å². The van der Waals surface area contributed by atoms with E-state index in [1.165, 1.54) is 0 Å². The van der Waals surface area contributed by atoms with Crippen molar-refractivity contribution in [3.8, 4) is 0 Å². The molecule has 1 fully saturated rings. The van der Waals surface area contributed by atoms with E-state index in [1.54, 1.807) is 0 Å². The third kappa shape index (κ3) is 5.62. The number of rotatable bonds is 5. The summed E-state index contributed by atoms with van der Waals surface area (Å²) < 4.78 is 0. The molecule has 6 nitrogen and oxygen atoms in total. The van der Waals surface area contributed by atoms with E-state index in [4.69, 9.17) is 0 Å². The third-order valence-electron chi connectivity index (χ3n) is 4.51. The molecule has 1 amide bonds. The van der Waals surface area contributed by atoms with Gasteiger partial charge in [-0.15, -0.1) is 0 Å². The van der Waals surface area contributed by atoms with Gasteiger partial charge in [-0.2, -0.15) is 0 Å². The predicted molar refractivity (Wildman–Crippen MR) is 96.7 cm³/mol. The van der Waals surface area contributed by atoms with Crippen LogP contribution >= 0.6 is 0 Å². The summed E-state index contributed by atoms with van der Waals surface area (Å²) in [6.07, 6.45) is 4.62. The van der Waals surface area contributed by atoms with E-state index in [1.807, 2.05) is 41.6 Å². The van der Waals surface area contributed by atoms with Crippen LogP contribution in [-0.2, 0) is 17.9 Å². The lowest BCUT2D eigenvalue weighted by Gasteiger charge is -2.25. The van der Waals surface area contributed by atoms with Crippen LogP contribution in [0.25, 0.3) is 0 Å². The Labute approximate surface area is 149 Å². The van der Waals surface area contributed by atoms with Crippen LogP contribution in [0, 0.1) is 0 Å². The average Bonchev–Trinajstić information content (AvgIpc) is 2.75. The van der Waals surface area contributed by atoms with Crippen LogP contribution in [0.3, 0.4) is 0 Å². The highest BCUT2D eigenvalue weighted by atomic mass is 16.1. The molecule has 0 saturated carbocycles. The monoisotopic (exact) mass is 339 g/mol. The summed E-state index contributed by atoms with van der Waals surface area (Å²) >= 11 is 0. The SMILES string of the molecule is O=CN1CCN(Cc2ccccn2)CCN(Cc2ccccn2)CC1. The average molecular weight is 339 g/mol. The third-order valence-corrected chi connectivity index (χ3v) is 4.51. The molecule has 0 atom stereocenters. The summed E-state index contributed by atoms with van der Waals surface area (Å²) in [4.78, 5) is 26.8. The van der Waals surface area contributed by atoms with Crippen molar-refractivity contribution in [2.75, 3.05) is 39.3 Å².